The highest BCUT2D eigenvalue weighted by Gasteiger charge is 2.53. The average molecular weight is 573 g/mol. The molecule has 1 amide bonds. The van der Waals surface area contributed by atoms with Gasteiger partial charge in [-0.05, 0) is 85.6 Å². The number of rotatable bonds is 7. The molecular formula is C35H48N4O3. The van der Waals surface area contributed by atoms with Crippen LogP contribution >= 0.6 is 0 Å². The number of carboxylic acid groups (broad SMARTS) is 1. The molecule has 2 aliphatic heterocycles. The predicted molar refractivity (Wildman–Crippen MR) is 169 cm³/mol. The van der Waals surface area contributed by atoms with Gasteiger partial charge in [0, 0.05) is 31.9 Å². The summed E-state index contributed by atoms with van der Waals surface area (Å²) < 4.78 is 0. The Bertz CT molecular complexity index is 1270. The Morgan fingerprint density at radius 2 is 1.52 bits per heavy atom. The highest BCUT2D eigenvalue weighted by atomic mass is 16.4. The molecular weight excluding hydrogens is 524 g/mol. The molecule has 0 radical (unpaired) electrons. The number of anilines is 1. The Hall–Kier alpha value is -3.35. The van der Waals surface area contributed by atoms with Crippen molar-refractivity contribution in [1.29, 1.82) is 0 Å². The van der Waals surface area contributed by atoms with Gasteiger partial charge in [-0.2, -0.15) is 0 Å². The summed E-state index contributed by atoms with van der Waals surface area (Å²) >= 11 is 0. The summed E-state index contributed by atoms with van der Waals surface area (Å²) in [6, 6.07) is 17.5. The van der Waals surface area contributed by atoms with Crippen LogP contribution in [-0.2, 0) is 4.79 Å². The third-order valence-corrected chi connectivity index (χ3v) is 9.76. The van der Waals surface area contributed by atoms with Gasteiger partial charge in [0.1, 0.15) is 5.66 Å². The lowest BCUT2D eigenvalue weighted by molar-refractivity contribution is -0.134. The second-order valence-corrected chi connectivity index (χ2v) is 14.0. The molecule has 1 N–H and O–H groups in total. The first-order chi connectivity index (χ1) is 20.0. The van der Waals surface area contributed by atoms with E-state index in [0.29, 0.717) is 17.7 Å². The second-order valence-electron chi connectivity index (χ2n) is 14.0. The molecule has 0 bridgehead atoms. The van der Waals surface area contributed by atoms with Gasteiger partial charge in [-0.1, -0.05) is 65.0 Å². The Morgan fingerprint density at radius 3 is 2.07 bits per heavy atom. The van der Waals surface area contributed by atoms with Crippen molar-refractivity contribution in [3.8, 4) is 0 Å². The predicted octanol–water partition coefficient (Wildman–Crippen LogP) is 6.86. The molecule has 2 aromatic rings. The van der Waals surface area contributed by atoms with Crippen molar-refractivity contribution in [1.82, 2.24) is 9.80 Å². The van der Waals surface area contributed by atoms with Gasteiger partial charge in [-0.15, -0.1) is 0 Å². The lowest BCUT2D eigenvalue weighted by Crippen LogP contribution is -2.54. The molecule has 2 heterocycles. The summed E-state index contributed by atoms with van der Waals surface area (Å²) in [6.07, 6.45) is 5.60. The molecule has 7 heteroatoms. The SMILES string of the molecule is CC(C)CC[C@H](c1ccc(C(=O)O)cc1)N1C(=O)C(N2CCN(c3ccccc3)CC2)=NC12CCC(C(C)(C)C)CC2. The van der Waals surface area contributed by atoms with E-state index >= 15 is 0 Å². The first-order valence-electron chi connectivity index (χ1n) is 15.8. The topological polar surface area (TPSA) is 76.5 Å². The number of carbonyl (C=O) groups excluding carboxylic acids is 1. The standard InChI is InChI=1S/C35H48N4O3/c1-25(2)11-16-30(26-12-14-27(15-13-26)33(41)42)39-32(40)31(36-35(39)19-17-28(18-20-35)34(3,4)5)38-23-21-37(22-24-38)29-9-7-6-8-10-29/h6-10,12-15,25,28,30H,11,16-24H2,1-5H3,(H,41,42)/t28?,30-,35?/m1/s1. The van der Waals surface area contributed by atoms with Crippen LogP contribution in [0.2, 0.25) is 0 Å². The van der Waals surface area contributed by atoms with E-state index in [9.17, 15) is 14.7 Å². The van der Waals surface area contributed by atoms with Crippen molar-refractivity contribution in [2.24, 2.45) is 22.2 Å². The van der Waals surface area contributed by atoms with Gasteiger partial charge >= 0.3 is 5.97 Å². The smallest absolute Gasteiger partial charge is 0.335 e. The first kappa shape index (κ1) is 30.1. The van der Waals surface area contributed by atoms with E-state index in [1.807, 2.05) is 18.2 Å². The van der Waals surface area contributed by atoms with E-state index in [2.05, 4.69) is 73.6 Å². The van der Waals surface area contributed by atoms with Gasteiger partial charge < -0.3 is 19.8 Å². The molecule has 2 fully saturated rings. The van der Waals surface area contributed by atoms with Gasteiger partial charge in [0.05, 0.1) is 11.6 Å². The van der Waals surface area contributed by atoms with Crippen molar-refractivity contribution in [3.63, 3.8) is 0 Å². The van der Waals surface area contributed by atoms with Gasteiger partial charge in [-0.3, -0.25) is 4.79 Å². The zero-order valence-electron chi connectivity index (χ0n) is 26.1. The molecule has 2 aromatic carbocycles. The molecule has 226 valence electrons. The number of carbonyl (C=O) groups is 2. The number of benzene rings is 2. The summed E-state index contributed by atoms with van der Waals surface area (Å²) in [6.45, 7) is 14.6. The Kier molecular flexibility index (Phi) is 8.68. The molecule has 3 aliphatic rings. The summed E-state index contributed by atoms with van der Waals surface area (Å²) in [5.74, 6) is 0.803. The maximum atomic E-state index is 14.6. The van der Waals surface area contributed by atoms with Crippen molar-refractivity contribution >= 4 is 23.4 Å². The van der Waals surface area contributed by atoms with Gasteiger partial charge in [-0.25, -0.2) is 9.79 Å². The van der Waals surface area contributed by atoms with Crippen molar-refractivity contribution in [2.45, 2.75) is 84.8 Å². The van der Waals surface area contributed by atoms with E-state index in [-0.39, 0.29) is 22.9 Å². The number of aromatic carboxylic acids is 1. The number of hydrogen-bond acceptors (Lipinski definition) is 5. The minimum absolute atomic E-state index is 0.0356. The molecule has 0 aromatic heterocycles. The number of nitrogens with zero attached hydrogens (tertiary/aromatic N) is 4. The Morgan fingerprint density at radius 1 is 0.929 bits per heavy atom. The van der Waals surface area contributed by atoms with E-state index in [0.717, 1.165) is 70.3 Å². The largest absolute Gasteiger partial charge is 0.478 e. The maximum Gasteiger partial charge on any atom is 0.335 e. The normalized spacial score (nSPS) is 24.0. The van der Waals surface area contributed by atoms with Crippen LogP contribution in [0.5, 0.6) is 0 Å². The summed E-state index contributed by atoms with van der Waals surface area (Å²) in [4.78, 5) is 38.3. The fourth-order valence-corrected chi connectivity index (χ4v) is 7.13. The molecule has 1 aliphatic carbocycles. The van der Waals surface area contributed by atoms with Crippen LogP contribution in [0.15, 0.2) is 59.6 Å². The summed E-state index contributed by atoms with van der Waals surface area (Å²) in [5.41, 5.74) is 2.14. The molecule has 1 atom stereocenters. The van der Waals surface area contributed by atoms with E-state index in [4.69, 9.17) is 4.99 Å². The third-order valence-electron chi connectivity index (χ3n) is 9.76. The van der Waals surface area contributed by atoms with Crippen LogP contribution in [-0.4, -0.2) is 64.5 Å². The van der Waals surface area contributed by atoms with E-state index in [1.54, 1.807) is 12.1 Å². The summed E-state index contributed by atoms with van der Waals surface area (Å²) in [5, 5.41) is 9.51. The molecule has 1 saturated carbocycles. The summed E-state index contributed by atoms with van der Waals surface area (Å²) in [7, 11) is 0. The fourth-order valence-electron chi connectivity index (χ4n) is 7.13. The number of para-hydroxylation sites is 1. The monoisotopic (exact) mass is 572 g/mol. The average Bonchev–Trinajstić information content (AvgIpc) is 3.24. The van der Waals surface area contributed by atoms with E-state index in [1.165, 1.54) is 5.69 Å². The van der Waals surface area contributed by atoms with Gasteiger partial charge in [0.25, 0.3) is 5.91 Å². The Labute approximate surface area is 251 Å². The lowest BCUT2D eigenvalue weighted by Gasteiger charge is -2.47. The van der Waals surface area contributed by atoms with Crippen molar-refractivity contribution in [3.05, 3.63) is 65.7 Å². The lowest BCUT2D eigenvalue weighted by atomic mass is 9.69. The molecule has 42 heavy (non-hydrogen) atoms. The van der Waals surface area contributed by atoms with Crippen LogP contribution in [0, 0.1) is 17.3 Å². The van der Waals surface area contributed by atoms with Gasteiger partial charge in [0.2, 0.25) is 0 Å². The van der Waals surface area contributed by atoms with Gasteiger partial charge in [0.15, 0.2) is 5.84 Å². The minimum atomic E-state index is -0.935. The van der Waals surface area contributed by atoms with Crippen LogP contribution in [0.3, 0.4) is 0 Å². The second kappa shape index (κ2) is 12.1. The maximum absolute atomic E-state index is 14.6. The number of amidine groups is 1. The van der Waals surface area contributed by atoms with E-state index < -0.39 is 11.6 Å². The number of aliphatic imine (C=N–C) groups is 1. The number of hydrogen-bond donors (Lipinski definition) is 1. The van der Waals surface area contributed by atoms with Crippen LogP contribution < -0.4 is 4.90 Å². The van der Waals surface area contributed by atoms with Crippen LogP contribution in [0.4, 0.5) is 5.69 Å². The molecule has 7 nitrogen and oxygen atoms in total. The molecule has 0 unspecified atom stereocenters. The molecule has 5 rings (SSSR count). The molecule has 1 saturated heterocycles. The highest BCUT2D eigenvalue weighted by Crippen LogP contribution is 2.49. The van der Waals surface area contributed by atoms with Crippen LogP contribution in [0.1, 0.15) is 95.1 Å². The number of piperazine rings is 1. The zero-order valence-corrected chi connectivity index (χ0v) is 26.1. The van der Waals surface area contributed by atoms with Crippen molar-refractivity contribution in [2.75, 3.05) is 31.1 Å². The van der Waals surface area contributed by atoms with Crippen LogP contribution in [0.25, 0.3) is 0 Å². The minimum Gasteiger partial charge on any atom is -0.478 e. The number of amides is 1. The number of carboxylic acids is 1. The Balaban J connectivity index is 1.46. The quantitative estimate of drug-likeness (QED) is 0.392. The highest BCUT2D eigenvalue weighted by molar-refractivity contribution is 6.39. The molecule has 1 spiro atoms. The third kappa shape index (κ3) is 6.20. The zero-order chi connectivity index (χ0) is 30.1. The first-order valence-corrected chi connectivity index (χ1v) is 15.8. The van der Waals surface area contributed by atoms with Crippen molar-refractivity contribution < 1.29 is 14.7 Å². The fraction of sp³-hybridized carbons (Fsp3) is 0.571.